The maximum atomic E-state index is 8.74. The Kier molecular flexibility index (Phi) is 18.7. The van der Waals surface area contributed by atoms with E-state index in [1.807, 2.05) is 30.3 Å². The van der Waals surface area contributed by atoms with Crippen LogP contribution in [-0.2, 0) is 6.54 Å². The van der Waals surface area contributed by atoms with Crippen LogP contribution in [0.15, 0.2) is 59.1 Å². The molecule has 0 bridgehead atoms. The molecule has 0 radical (unpaired) electrons. The molecule has 0 saturated heterocycles. The fraction of sp³-hybridized carbons (Fsp3) is 0.394. The number of hydrogen-bond donors (Lipinski definition) is 3. The van der Waals surface area contributed by atoms with E-state index in [-0.39, 0.29) is 43.5 Å². The number of rotatable bonds is 7. The Bertz CT molecular complexity index is 1450. The summed E-state index contributed by atoms with van der Waals surface area (Å²) in [5.41, 5.74) is 10.7. The second-order valence-corrected chi connectivity index (χ2v) is 11.5. The molecule has 0 aliphatic heterocycles. The van der Waals surface area contributed by atoms with Gasteiger partial charge in [0.2, 0.25) is 0 Å². The van der Waals surface area contributed by atoms with Gasteiger partial charge in [-0.2, -0.15) is 10.5 Å². The van der Waals surface area contributed by atoms with E-state index in [1.165, 1.54) is 42.4 Å². The summed E-state index contributed by atoms with van der Waals surface area (Å²) >= 11 is 3.27. The number of nitriles is 2. The van der Waals surface area contributed by atoms with Crippen LogP contribution in [0.25, 0.3) is 0 Å². The molecular weight excluding hydrogens is 643 g/mol. The molecular formula is C33H43AlBBrLiN3O5. The standard InChI is InChI=1S/C11H15NO.C11H11NO.C8H6BrNO.C3H7BO2.Al.Li.4H/c2*1-13-11-5-2-8(7-12)6-10(11)9-3-4-9;1-11-8-3-2-6(5-10)4-7(8)9;5-4(6)3-1-2-3;;;;;;/h2,5-6,9H,3-4,7,12H2,1H3;2,5-6,9H,3-4H2,1H3;2-4H,1H3;3,5-6H,1-2H2;;;;;;/q;;;;;+1;;;;-1. The predicted octanol–water partition coefficient (Wildman–Crippen LogP) is 2.36. The van der Waals surface area contributed by atoms with Gasteiger partial charge in [0.1, 0.15) is 17.2 Å². The first-order valence-corrected chi connectivity index (χ1v) is 15.1. The second kappa shape index (κ2) is 20.7. The average Bonchev–Trinajstić information content (AvgIpc) is 3.87. The van der Waals surface area contributed by atoms with Crippen molar-refractivity contribution in [1.82, 2.24) is 0 Å². The van der Waals surface area contributed by atoms with Crippen molar-refractivity contribution in [2.45, 2.75) is 62.7 Å². The Morgan fingerprint density at radius 2 is 1.22 bits per heavy atom. The van der Waals surface area contributed by atoms with Crippen LogP contribution >= 0.6 is 15.9 Å². The van der Waals surface area contributed by atoms with Crippen LogP contribution in [0, 0.1) is 22.7 Å². The summed E-state index contributed by atoms with van der Waals surface area (Å²) in [5.74, 6) is 4.24. The van der Waals surface area contributed by atoms with E-state index >= 15 is 0 Å². The van der Waals surface area contributed by atoms with Crippen LogP contribution in [0.1, 0.15) is 79.6 Å². The van der Waals surface area contributed by atoms with E-state index in [9.17, 15) is 0 Å². The molecule has 234 valence electrons. The molecule has 45 heavy (non-hydrogen) atoms. The topological polar surface area (TPSA) is 142 Å². The summed E-state index contributed by atoms with van der Waals surface area (Å²) in [6.07, 6.45) is 7.04. The summed E-state index contributed by atoms with van der Waals surface area (Å²) in [7, 11) is 3.95. The van der Waals surface area contributed by atoms with Gasteiger partial charge in [-0.15, -0.1) is 0 Å². The summed E-state index contributed by atoms with van der Waals surface area (Å²) < 4.78 is 16.3. The van der Waals surface area contributed by atoms with E-state index < -0.39 is 7.12 Å². The first-order valence-electron chi connectivity index (χ1n) is 14.3. The minimum absolute atomic E-state index is 0. The molecule has 0 spiro atoms. The fourth-order valence-electron chi connectivity index (χ4n) is 4.27. The van der Waals surface area contributed by atoms with E-state index in [1.54, 1.807) is 45.6 Å². The Hall–Kier alpha value is -2.41. The molecule has 0 aromatic heterocycles. The Morgan fingerprint density at radius 3 is 1.58 bits per heavy atom. The normalized spacial score (nSPS) is 13.9. The van der Waals surface area contributed by atoms with Gasteiger partial charge in [-0.25, -0.2) is 0 Å². The third-order valence-electron chi connectivity index (χ3n) is 7.25. The first-order chi connectivity index (χ1) is 20.8. The third kappa shape index (κ3) is 13.5. The maximum Gasteiger partial charge on any atom is 1.00 e. The Labute approximate surface area is 299 Å². The third-order valence-corrected chi connectivity index (χ3v) is 7.87. The van der Waals surface area contributed by atoms with Crippen LogP contribution in [0.4, 0.5) is 0 Å². The molecule has 8 nitrogen and oxygen atoms in total. The molecule has 0 amide bonds. The van der Waals surface area contributed by atoms with Gasteiger partial charge in [-0.05, 0) is 118 Å². The van der Waals surface area contributed by atoms with Crippen molar-refractivity contribution in [3.05, 3.63) is 86.9 Å². The molecule has 0 atom stereocenters. The predicted molar refractivity (Wildman–Crippen MR) is 182 cm³/mol. The van der Waals surface area contributed by atoms with Gasteiger partial charge in [0.15, 0.2) is 17.4 Å². The number of ether oxygens (including phenoxy) is 3. The SMILES string of the molecule is COc1ccc(C#N)cc1Br.COc1ccc(C#N)cc1C1CC1.COc1ccc(CN)cc1C1CC1.OB(O)C1CC1.[AlH3].[H-].[Li+]. The zero-order valence-electron chi connectivity index (χ0n) is 26.9. The fourth-order valence-corrected chi connectivity index (χ4v) is 4.81. The monoisotopic (exact) mass is 685 g/mol. The van der Waals surface area contributed by atoms with Crippen molar-refractivity contribution in [2.24, 2.45) is 5.73 Å². The summed E-state index contributed by atoms with van der Waals surface area (Å²) in [5, 5.41) is 33.7. The summed E-state index contributed by atoms with van der Waals surface area (Å²) in [4.78, 5) is 0. The molecule has 4 N–H and O–H groups in total. The second-order valence-electron chi connectivity index (χ2n) is 10.6. The summed E-state index contributed by atoms with van der Waals surface area (Å²) in [6, 6.07) is 21.2. The number of methoxy groups -OCH3 is 3. The zero-order valence-corrected chi connectivity index (χ0v) is 27.5. The van der Waals surface area contributed by atoms with Crippen molar-refractivity contribution in [3.8, 4) is 29.4 Å². The maximum absolute atomic E-state index is 8.74. The van der Waals surface area contributed by atoms with Crippen LogP contribution in [0.3, 0.4) is 0 Å². The molecule has 0 heterocycles. The minimum Gasteiger partial charge on any atom is -1.00 e. The van der Waals surface area contributed by atoms with Crippen LogP contribution in [0.5, 0.6) is 17.2 Å². The van der Waals surface area contributed by atoms with Gasteiger partial charge >= 0.3 is 26.0 Å². The van der Waals surface area contributed by atoms with Gasteiger partial charge in [0, 0.05) is 6.54 Å². The molecule has 12 heteroatoms. The minimum atomic E-state index is -1.04. The molecule has 3 aliphatic carbocycles. The van der Waals surface area contributed by atoms with Crippen molar-refractivity contribution in [1.29, 1.82) is 10.5 Å². The van der Waals surface area contributed by atoms with Gasteiger partial charge < -0.3 is 31.4 Å². The molecule has 3 saturated carbocycles. The molecule has 3 aliphatic rings. The smallest absolute Gasteiger partial charge is 1.00 e. The van der Waals surface area contributed by atoms with Crippen molar-refractivity contribution in [3.63, 3.8) is 0 Å². The van der Waals surface area contributed by atoms with Crippen molar-refractivity contribution < 1.29 is 44.5 Å². The molecule has 6 rings (SSSR count). The van der Waals surface area contributed by atoms with Crippen molar-refractivity contribution >= 4 is 40.4 Å². The quantitative estimate of drug-likeness (QED) is 0.322. The van der Waals surface area contributed by atoms with E-state index in [4.69, 9.17) is 40.5 Å². The molecule has 3 aromatic carbocycles. The Morgan fingerprint density at radius 1 is 0.778 bits per heavy atom. The zero-order chi connectivity index (χ0) is 31.4. The van der Waals surface area contributed by atoms with Crippen LogP contribution < -0.4 is 38.8 Å². The first kappa shape index (κ1) is 40.6. The average molecular weight is 686 g/mol. The van der Waals surface area contributed by atoms with E-state index in [0.29, 0.717) is 18.0 Å². The van der Waals surface area contributed by atoms with Crippen molar-refractivity contribution in [2.75, 3.05) is 21.3 Å². The van der Waals surface area contributed by atoms with Gasteiger partial charge in [0.25, 0.3) is 0 Å². The Balaban J connectivity index is 0.000000591. The molecule has 3 fully saturated rings. The number of benzene rings is 3. The van der Waals surface area contributed by atoms with Crippen LogP contribution in [0.2, 0.25) is 5.82 Å². The number of nitrogens with zero attached hydrogens (tertiary/aromatic N) is 2. The number of nitrogens with two attached hydrogens (primary N) is 1. The number of hydrogen-bond acceptors (Lipinski definition) is 8. The summed E-state index contributed by atoms with van der Waals surface area (Å²) in [6.45, 7) is 0.615. The largest absolute Gasteiger partial charge is 1.00 e. The van der Waals surface area contributed by atoms with E-state index in [0.717, 1.165) is 46.0 Å². The molecule has 3 aromatic rings. The van der Waals surface area contributed by atoms with E-state index in [2.05, 4.69) is 28.1 Å². The van der Waals surface area contributed by atoms with Gasteiger partial charge in [-0.3, -0.25) is 0 Å². The molecule has 0 unspecified atom stereocenters. The van der Waals surface area contributed by atoms with Gasteiger partial charge in [-0.1, -0.05) is 25.0 Å². The number of halogens is 1. The van der Waals surface area contributed by atoms with Gasteiger partial charge in [0.05, 0.1) is 49.1 Å². The van der Waals surface area contributed by atoms with Crippen LogP contribution in [-0.4, -0.2) is 55.9 Å².